The molecule has 3 aromatic carbocycles. The number of nitrogens with one attached hydrogen (secondary N) is 2. The van der Waals surface area contributed by atoms with Crippen LogP contribution in [0.4, 0.5) is 5.69 Å². The topological polar surface area (TPSA) is 82.0 Å². The second-order valence-electron chi connectivity index (χ2n) is 7.01. The third-order valence-electron chi connectivity index (χ3n) is 5.07. The van der Waals surface area contributed by atoms with E-state index in [0.29, 0.717) is 23.1 Å². The van der Waals surface area contributed by atoms with Gasteiger partial charge in [0.1, 0.15) is 0 Å². The molecule has 1 aliphatic heterocycles. The van der Waals surface area contributed by atoms with Gasteiger partial charge in [0.15, 0.2) is 0 Å². The lowest BCUT2D eigenvalue weighted by molar-refractivity contribution is -0.114. The van der Waals surface area contributed by atoms with E-state index in [9.17, 15) is 9.59 Å². The number of nitriles is 1. The minimum absolute atomic E-state index is 0.347. The maximum absolute atomic E-state index is 12.6. The van der Waals surface area contributed by atoms with E-state index in [1.807, 2.05) is 66.9 Å². The molecule has 1 heterocycles. The van der Waals surface area contributed by atoms with Gasteiger partial charge in [-0.2, -0.15) is 5.26 Å². The molecule has 31 heavy (non-hydrogen) atoms. The van der Waals surface area contributed by atoms with Gasteiger partial charge < -0.3 is 5.32 Å². The van der Waals surface area contributed by atoms with Crippen molar-refractivity contribution in [3.05, 3.63) is 89.6 Å². The lowest BCUT2D eigenvalue weighted by Gasteiger charge is -2.19. The molecule has 0 saturated carbocycles. The molecule has 0 unspecified atom stereocenters. The zero-order chi connectivity index (χ0) is 21.8. The van der Waals surface area contributed by atoms with E-state index in [0.717, 1.165) is 22.4 Å². The summed E-state index contributed by atoms with van der Waals surface area (Å²) in [6.45, 7) is 0. The summed E-state index contributed by atoms with van der Waals surface area (Å²) in [7, 11) is 0. The van der Waals surface area contributed by atoms with Crippen molar-refractivity contribution in [1.29, 1.82) is 5.26 Å². The molecule has 0 atom stereocenters. The Balaban J connectivity index is 1.68. The smallest absolute Gasteiger partial charge is 0.260 e. The first kappa shape index (κ1) is 20.5. The number of hydrogen-bond donors (Lipinski definition) is 2. The van der Waals surface area contributed by atoms with Gasteiger partial charge in [0.05, 0.1) is 18.1 Å². The molecule has 0 spiro atoms. The molecule has 4 rings (SSSR count). The number of thioether (sulfide) groups is 1. The van der Waals surface area contributed by atoms with Crippen molar-refractivity contribution < 1.29 is 9.59 Å². The number of benzene rings is 3. The fourth-order valence-corrected chi connectivity index (χ4v) is 3.81. The van der Waals surface area contributed by atoms with Gasteiger partial charge in [0, 0.05) is 27.9 Å². The quantitative estimate of drug-likeness (QED) is 0.346. The molecule has 1 aliphatic rings. The Labute approximate surface area is 184 Å². The van der Waals surface area contributed by atoms with Gasteiger partial charge >= 0.3 is 0 Å². The third kappa shape index (κ3) is 4.37. The Morgan fingerprint density at radius 3 is 2.32 bits per heavy atom. The second kappa shape index (κ2) is 8.90. The monoisotopic (exact) mass is 425 g/mol. The van der Waals surface area contributed by atoms with Gasteiger partial charge in [-0.25, -0.2) is 0 Å². The molecular weight excluding hydrogens is 406 g/mol. The molecule has 5 nitrogen and oxygen atoms in total. The van der Waals surface area contributed by atoms with Gasteiger partial charge in [-0.15, -0.1) is 11.8 Å². The Hall–Kier alpha value is -3.82. The van der Waals surface area contributed by atoms with Crippen LogP contribution in [0, 0.1) is 11.3 Å². The van der Waals surface area contributed by atoms with Crippen molar-refractivity contribution in [2.24, 2.45) is 0 Å². The van der Waals surface area contributed by atoms with Crippen LogP contribution in [-0.4, -0.2) is 18.1 Å². The van der Waals surface area contributed by atoms with Gasteiger partial charge in [0.2, 0.25) is 0 Å². The molecule has 0 aliphatic carbocycles. The lowest BCUT2D eigenvalue weighted by Crippen LogP contribution is -2.36. The fourth-order valence-electron chi connectivity index (χ4n) is 3.40. The Morgan fingerprint density at radius 2 is 1.65 bits per heavy atom. The molecule has 0 saturated heterocycles. The molecule has 0 fully saturated rings. The number of carbonyl (C=O) groups excluding carboxylic acids is 2. The van der Waals surface area contributed by atoms with E-state index < -0.39 is 11.8 Å². The normalized spacial score (nSPS) is 14.0. The maximum Gasteiger partial charge on any atom is 0.260 e. The average Bonchev–Trinajstić information content (AvgIpc) is 2.80. The average molecular weight is 426 g/mol. The lowest BCUT2D eigenvalue weighted by atomic mass is 9.91. The molecular formula is C25H19N3O2S. The zero-order valence-corrected chi connectivity index (χ0v) is 17.6. The predicted octanol–water partition coefficient (Wildman–Crippen LogP) is 4.86. The van der Waals surface area contributed by atoms with E-state index in [-0.39, 0.29) is 0 Å². The number of carbonyl (C=O) groups is 2. The van der Waals surface area contributed by atoms with Crippen LogP contribution in [-0.2, 0) is 11.2 Å². The highest BCUT2D eigenvalue weighted by molar-refractivity contribution is 7.98. The Bertz CT molecular complexity index is 1220. The largest absolute Gasteiger partial charge is 0.361 e. The van der Waals surface area contributed by atoms with Crippen molar-refractivity contribution in [1.82, 2.24) is 5.32 Å². The standard InChI is InChI=1S/C25H19N3O2S/c1-31-20-9-4-17(5-10-20)18-6-11-21-22(14-18)23(25(30)28-24(21)29)15-27-19-7-2-16(3-8-19)12-13-26/h2-11,14-15,27H,12H2,1H3,(H,28,29,30)/b23-15-. The molecule has 0 radical (unpaired) electrons. The van der Waals surface area contributed by atoms with Crippen LogP contribution in [0.3, 0.4) is 0 Å². The summed E-state index contributed by atoms with van der Waals surface area (Å²) in [5.41, 5.74) is 5.09. The van der Waals surface area contributed by atoms with Crippen LogP contribution in [0.5, 0.6) is 0 Å². The summed E-state index contributed by atoms with van der Waals surface area (Å²) in [5.74, 6) is -0.844. The van der Waals surface area contributed by atoms with E-state index in [4.69, 9.17) is 5.26 Å². The highest BCUT2D eigenvalue weighted by atomic mass is 32.2. The van der Waals surface area contributed by atoms with Crippen molar-refractivity contribution in [2.75, 3.05) is 11.6 Å². The minimum Gasteiger partial charge on any atom is -0.361 e. The SMILES string of the molecule is CSc1ccc(-c2ccc3c(c2)/C(=C/Nc2ccc(CC#N)cc2)C(=O)NC3=O)cc1. The number of amides is 2. The predicted molar refractivity (Wildman–Crippen MR) is 123 cm³/mol. The summed E-state index contributed by atoms with van der Waals surface area (Å²) in [5, 5.41) is 14.3. The summed E-state index contributed by atoms with van der Waals surface area (Å²) in [6, 6.07) is 23.2. The summed E-state index contributed by atoms with van der Waals surface area (Å²) >= 11 is 1.67. The number of nitrogens with zero attached hydrogens (tertiary/aromatic N) is 1. The highest BCUT2D eigenvalue weighted by Crippen LogP contribution is 2.30. The summed E-state index contributed by atoms with van der Waals surface area (Å²) in [6.07, 6.45) is 3.99. The maximum atomic E-state index is 12.6. The molecule has 2 N–H and O–H groups in total. The third-order valence-corrected chi connectivity index (χ3v) is 5.81. The van der Waals surface area contributed by atoms with Crippen LogP contribution in [0.2, 0.25) is 0 Å². The first-order valence-electron chi connectivity index (χ1n) is 9.66. The van der Waals surface area contributed by atoms with Crippen molar-refractivity contribution in [3.8, 4) is 17.2 Å². The van der Waals surface area contributed by atoms with E-state index >= 15 is 0 Å². The summed E-state index contributed by atoms with van der Waals surface area (Å²) < 4.78 is 0. The number of anilines is 1. The van der Waals surface area contributed by atoms with Crippen molar-refractivity contribution >= 4 is 34.8 Å². The first-order chi connectivity index (χ1) is 15.1. The molecule has 2 amide bonds. The number of imide groups is 1. The summed E-state index contributed by atoms with van der Waals surface area (Å²) in [4.78, 5) is 26.1. The number of hydrogen-bond acceptors (Lipinski definition) is 5. The minimum atomic E-state index is -0.444. The number of fused-ring (bicyclic) bond motifs is 1. The first-order valence-corrected chi connectivity index (χ1v) is 10.9. The molecule has 0 aromatic heterocycles. The van der Waals surface area contributed by atoms with Crippen LogP contribution in [0.15, 0.2) is 77.8 Å². The van der Waals surface area contributed by atoms with Crippen LogP contribution < -0.4 is 10.6 Å². The zero-order valence-electron chi connectivity index (χ0n) is 16.8. The fraction of sp³-hybridized carbons (Fsp3) is 0.0800. The van der Waals surface area contributed by atoms with E-state index in [1.165, 1.54) is 4.90 Å². The van der Waals surface area contributed by atoms with Gasteiger partial charge in [-0.05, 0) is 59.3 Å². The second-order valence-corrected chi connectivity index (χ2v) is 7.89. The van der Waals surface area contributed by atoms with E-state index in [1.54, 1.807) is 24.0 Å². The van der Waals surface area contributed by atoms with Crippen LogP contribution >= 0.6 is 11.8 Å². The van der Waals surface area contributed by atoms with Gasteiger partial charge in [0.25, 0.3) is 11.8 Å². The van der Waals surface area contributed by atoms with Crippen molar-refractivity contribution in [3.63, 3.8) is 0 Å². The number of rotatable bonds is 5. The van der Waals surface area contributed by atoms with Crippen LogP contribution in [0.1, 0.15) is 21.5 Å². The highest BCUT2D eigenvalue weighted by Gasteiger charge is 2.27. The van der Waals surface area contributed by atoms with Crippen LogP contribution in [0.25, 0.3) is 16.7 Å². The Morgan fingerprint density at radius 1 is 0.935 bits per heavy atom. The van der Waals surface area contributed by atoms with Crippen molar-refractivity contribution in [2.45, 2.75) is 11.3 Å². The Kier molecular flexibility index (Phi) is 5.87. The molecule has 3 aromatic rings. The van der Waals surface area contributed by atoms with E-state index in [2.05, 4.69) is 16.7 Å². The molecule has 0 bridgehead atoms. The van der Waals surface area contributed by atoms with Gasteiger partial charge in [-0.1, -0.05) is 30.3 Å². The molecule has 6 heteroatoms. The molecule has 152 valence electrons. The van der Waals surface area contributed by atoms with Gasteiger partial charge in [-0.3, -0.25) is 14.9 Å².